The standard InChI is InChI=1S/C17H22N2O3.5C2H6/c1-22-17(21)13-2-3-14-11-19(16(20)15(14)10-13)9-6-12-4-7-18-8-5-12;5*1-2/h2-3,10,12,18H,4-9,11H2,1H3;5*1-2H3. The van der Waals surface area contributed by atoms with Gasteiger partial charge in [-0.1, -0.05) is 75.3 Å². The van der Waals surface area contributed by atoms with Crippen molar-refractivity contribution in [2.45, 2.75) is 95.0 Å². The Bertz CT molecular complexity index is 582. The van der Waals surface area contributed by atoms with E-state index in [0.29, 0.717) is 23.6 Å². The smallest absolute Gasteiger partial charge is 0.337 e. The summed E-state index contributed by atoms with van der Waals surface area (Å²) in [6.45, 7) is 23.6. The van der Waals surface area contributed by atoms with Crippen LogP contribution in [0.1, 0.15) is 115 Å². The Morgan fingerprint density at radius 3 is 2.00 bits per heavy atom. The second-order valence-electron chi connectivity index (χ2n) is 6.07. The number of nitrogens with one attached hydrogen (secondary N) is 1. The van der Waals surface area contributed by atoms with Crippen LogP contribution in [0.4, 0.5) is 0 Å². The lowest BCUT2D eigenvalue weighted by atomic mass is 9.94. The van der Waals surface area contributed by atoms with Crippen molar-refractivity contribution in [2.24, 2.45) is 5.92 Å². The molecular formula is C27H52N2O3. The number of rotatable bonds is 4. The molecule has 0 bridgehead atoms. The first-order valence-corrected chi connectivity index (χ1v) is 12.9. The van der Waals surface area contributed by atoms with E-state index in [9.17, 15) is 9.59 Å². The monoisotopic (exact) mass is 452 g/mol. The first-order valence-electron chi connectivity index (χ1n) is 12.9. The zero-order valence-electron chi connectivity index (χ0n) is 22.9. The van der Waals surface area contributed by atoms with Gasteiger partial charge in [0.1, 0.15) is 0 Å². The van der Waals surface area contributed by atoms with Crippen molar-refractivity contribution in [3.63, 3.8) is 0 Å². The van der Waals surface area contributed by atoms with Gasteiger partial charge in [-0.3, -0.25) is 4.79 Å². The second-order valence-corrected chi connectivity index (χ2v) is 6.07. The van der Waals surface area contributed by atoms with Gasteiger partial charge < -0.3 is 15.0 Å². The number of carbonyl (C=O) groups excluding carboxylic acids is 2. The molecule has 0 atom stereocenters. The van der Waals surface area contributed by atoms with E-state index in [1.807, 2.05) is 80.2 Å². The molecule has 0 spiro atoms. The van der Waals surface area contributed by atoms with Gasteiger partial charge in [0.2, 0.25) is 0 Å². The highest BCUT2D eigenvalue weighted by molar-refractivity contribution is 6.01. The van der Waals surface area contributed by atoms with Gasteiger partial charge in [-0.05, 0) is 56.0 Å². The number of piperidine rings is 1. The minimum Gasteiger partial charge on any atom is -0.465 e. The SMILES string of the molecule is CC.CC.CC.CC.CC.COC(=O)c1ccc2c(c1)C(=O)N(CCC1CCNCC1)C2. The van der Waals surface area contributed by atoms with Crippen molar-refractivity contribution in [1.29, 1.82) is 0 Å². The minimum absolute atomic E-state index is 0.0367. The van der Waals surface area contributed by atoms with E-state index in [1.54, 1.807) is 12.1 Å². The van der Waals surface area contributed by atoms with E-state index >= 15 is 0 Å². The summed E-state index contributed by atoms with van der Waals surface area (Å²) < 4.78 is 4.72. The molecule has 1 saturated heterocycles. The normalized spacial score (nSPS) is 13.6. The second kappa shape index (κ2) is 23.8. The topological polar surface area (TPSA) is 58.6 Å². The first kappa shape index (κ1) is 34.7. The number of amides is 1. The van der Waals surface area contributed by atoms with Crippen LogP contribution in [0, 0.1) is 5.92 Å². The summed E-state index contributed by atoms with van der Waals surface area (Å²) in [4.78, 5) is 26.0. The zero-order chi connectivity index (χ0) is 25.5. The molecule has 0 unspecified atom stereocenters. The van der Waals surface area contributed by atoms with Crippen molar-refractivity contribution in [2.75, 3.05) is 26.7 Å². The maximum absolute atomic E-state index is 12.5. The fraction of sp³-hybridized carbons (Fsp3) is 0.704. The molecule has 32 heavy (non-hydrogen) atoms. The van der Waals surface area contributed by atoms with Crippen LogP contribution in [0.2, 0.25) is 0 Å². The Kier molecular flexibility index (Phi) is 25.8. The quantitative estimate of drug-likeness (QED) is 0.502. The molecule has 0 saturated carbocycles. The average Bonchev–Trinajstić information content (AvgIpc) is 3.23. The molecule has 3 rings (SSSR count). The van der Waals surface area contributed by atoms with E-state index in [2.05, 4.69) is 5.32 Å². The Morgan fingerprint density at radius 1 is 0.969 bits per heavy atom. The molecule has 1 fully saturated rings. The first-order chi connectivity index (χ1) is 15.7. The molecule has 1 aromatic carbocycles. The molecule has 2 aliphatic heterocycles. The number of methoxy groups -OCH3 is 1. The molecule has 5 nitrogen and oxygen atoms in total. The van der Waals surface area contributed by atoms with E-state index in [4.69, 9.17) is 4.74 Å². The Morgan fingerprint density at radius 2 is 1.50 bits per heavy atom. The molecule has 5 heteroatoms. The van der Waals surface area contributed by atoms with Gasteiger partial charge in [0.05, 0.1) is 12.7 Å². The Hall–Kier alpha value is -1.88. The lowest BCUT2D eigenvalue weighted by molar-refractivity contribution is 0.0600. The molecule has 1 amide bonds. The molecule has 1 N–H and O–H groups in total. The molecule has 188 valence electrons. The summed E-state index contributed by atoms with van der Waals surface area (Å²) in [5, 5.41) is 3.36. The van der Waals surface area contributed by atoms with Crippen LogP contribution in [-0.4, -0.2) is 43.5 Å². The third-order valence-electron chi connectivity index (χ3n) is 4.68. The highest BCUT2D eigenvalue weighted by Gasteiger charge is 2.28. The number of carbonyl (C=O) groups is 2. The van der Waals surface area contributed by atoms with Gasteiger partial charge in [0.15, 0.2) is 0 Å². The van der Waals surface area contributed by atoms with Crippen molar-refractivity contribution >= 4 is 11.9 Å². The number of fused-ring (bicyclic) bond motifs is 1. The van der Waals surface area contributed by atoms with E-state index in [-0.39, 0.29) is 5.91 Å². The van der Waals surface area contributed by atoms with Crippen molar-refractivity contribution < 1.29 is 14.3 Å². The molecule has 2 heterocycles. The number of esters is 1. The summed E-state index contributed by atoms with van der Waals surface area (Å²) in [5.41, 5.74) is 2.09. The maximum atomic E-state index is 12.5. The van der Waals surface area contributed by atoms with Crippen molar-refractivity contribution in [3.05, 3.63) is 34.9 Å². The van der Waals surface area contributed by atoms with Gasteiger partial charge in [-0.25, -0.2) is 4.79 Å². The summed E-state index contributed by atoms with van der Waals surface area (Å²) in [6.07, 6.45) is 3.45. The molecule has 0 radical (unpaired) electrons. The van der Waals surface area contributed by atoms with Crippen LogP contribution in [0.5, 0.6) is 0 Å². The largest absolute Gasteiger partial charge is 0.465 e. The third-order valence-corrected chi connectivity index (χ3v) is 4.68. The lowest BCUT2D eigenvalue weighted by Gasteiger charge is -2.25. The summed E-state index contributed by atoms with van der Waals surface area (Å²) in [5.74, 6) is 0.349. The van der Waals surface area contributed by atoms with Crippen LogP contribution < -0.4 is 5.32 Å². The predicted octanol–water partition coefficient (Wildman–Crippen LogP) is 6.95. The fourth-order valence-electron chi connectivity index (χ4n) is 3.30. The third kappa shape index (κ3) is 11.7. The van der Waals surface area contributed by atoms with Crippen LogP contribution in [0.15, 0.2) is 18.2 Å². The molecule has 0 aliphatic carbocycles. The highest BCUT2D eigenvalue weighted by Crippen LogP contribution is 2.26. The number of hydrogen-bond donors (Lipinski definition) is 1. The molecule has 0 aromatic heterocycles. The summed E-state index contributed by atoms with van der Waals surface area (Å²) >= 11 is 0. The van der Waals surface area contributed by atoms with Gasteiger partial charge in [-0.2, -0.15) is 0 Å². The van der Waals surface area contributed by atoms with Crippen LogP contribution in [-0.2, 0) is 11.3 Å². The average molecular weight is 453 g/mol. The molecule has 1 aromatic rings. The van der Waals surface area contributed by atoms with Crippen molar-refractivity contribution in [1.82, 2.24) is 10.2 Å². The summed E-state index contributed by atoms with van der Waals surface area (Å²) in [6, 6.07) is 5.26. The zero-order valence-corrected chi connectivity index (χ0v) is 22.9. The van der Waals surface area contributed by atoms with E-state index in [1.165, 1.54) is 20.0 Å². The predicted molar refractivity (Wildman–Crippen MR) is 139 cm³/mol. The summed E-state index contributed by atoms with van der Waals surface area (Å²) in [7, 11) is 1.35. The lowest BCUT2D eigenvalue weighted by Crippen LogP contribution is -2.31. The van der Waals surface area contributed by atoms with E-state index in [0.717, 1.165) is 31.6 Å². The van der Waals surface area contributed by atoms with Crippen molar-refractivity contribution in [3.8, 4) is 0 Å². The number of ether oxygens (including phenoxy) is 1. The Labute approximate surface area is 199 Å². The van der Waals surface area contributed by atoms with Gasteiger partial charge in [0.25, 0.3) is 5.91 Å². The molecular weight excluding hydrogens is 400 g/mol. The number of nitrogens with zero attached hydrogens (tertiary/aromatic N) is 1. The van der Waals surface area contributed by atoms with Gasteiger partial charge in [-0.15, -0.1) is 0 Å². The Balaban J connectivity index is -0.000000744. The fourth-order valence-corrected chi connectivity index (χ4v) is 3.30. The minimum atomic E-state index is -0.399. The van der Waals surface area contributed by atoms with E-state index < -0.39 is 5.97 Å². The van der Waals surface area contributed by atoms with Gasteiger partial charge >= 0.3 is 5.97 Å². The van der Waals surface area contributed by atoms with Crippen LogP contribution >= 0.6 is 0 Å². The molecule has 2 aliphatic rings. The van der Waals surface area contributed by atoms with Crippen LogP contribution in [0.25, 0.3) is 0 Å². The van der Waals surface area contributed by atoms with Gasteiger partial charge in [0, 0.05) is 18.7 Å². The number of benzene rings is 1. The highest BCUT2D eigenvalue weighted by atomic mass is 16.5. The maximum Gasteiger partial charge on any atom is 0.337 e. The van der Waals surface area contributed by atoms with Crippen LogP contribution in [0.3, 0.4) is 0 Å². The number of hydrogen-bond acceptors (Lipinski definition) is 4.